The van der Waals surface area contributed by atoms with E-state index in [1.54, 1.807) is 37.3 Å². The molecule has 120 valence electrons. The third-order valence-corrected chi connectivity index (χ3v) is 4.74. The van der Waals surface area contributed by atoms with Gasteiger partial charge >= 0.3 is 5.97 Å². The van der Waals surface area contributed by atoms with Crippen molar-refractivity contribution in [2.24, 2.45) is 0 Å². The van der Waals surface area contributed by atoms with Gasteiger partial charge in [-0.1, -0.05) is 37.3 Å². The lowest BCUT2D eigenvalue weighted by molar-refractivity contribution is -0.138. The molecule has 0 spiro atoms. The van der Waals surface area contributed by atoms with Crippen LogP contribution in [0.4, 0.5) is 0 Å². The van der Waals surface area contributed by atoms with E-state index < -0.39 is 22.2 Å². The number of benzene rings is 1. The third kappa shape index (κ3) is 5.44. The Morgan fingerprint density at radius 1 is 1.41 bits per heavy atom. The molecule has 0 aliphatic carbocycles. The van der Waals surface area contributed by atoms with Gasteiger partial charge in [-0.3, -0.25) is 4.79 Å². The summed E-state index contributed by atoms with van der Waals surface area (Å²) in [6.07, 6.45) is 0.0936. The van der Waals surface area contributed by atoms with Gasteiger partial charge in [-0.05, 0) is 12.0 Å². The highest BCUT2D eigenvalue weighted by atomic mass is 32.2. The highest BCUT2D eigenvalue weighted by molar-refractivity contribution is 7.87. The van der Waals surface area contributed by atoms with Gasteiger partial charge < -0.3 is 5.11 Å². The van der Waals surface area contributed by atoms with Gasteiger partial charge in [0.25, 0.3) is 10.2 Å². The van der Waals surface area contributed by atoms with Crippen molar-refractivity contribution in [2.75, 3.05) is 13.1 Å². The van der Waals surface area contributed by atoms with Crippen molar-refractivity contribution in [3.63, 3.8) is 0 Å². The summed E-state index contributed by atoms with van der Waals surface area (Å²) < 4.78 is 27.7. The molecule has 0 amide bonds. The van der Waals surface area contributed by atoms with Crippen molar-refractivity contribution in [1.29, 1.82) is 5.26 Å². The average molecular weight is 325 g/mol. The summed E-state index contributed by atoms with van der Waals surface area (Å²) in [5.74, 6) is -1.25. The molecule has 0 aromatic heterocycles. The normalized spacial score (nSPS) is 12.8. The molecule has 0 fully saturated rings. The highest BCUT2D eigenvalue weighted by Gasteiger charge is 2.28. The number of carboxylic acids is 1. The summed E-state index contributed by atoms with van der Waals surface area (Å²) in [6, 6.07) is 9.39. The first-order valence-corrected chi connectivity index (χ1v) is 8.25. The molecule has 0 saturated heterocycles. The Morgan fingerprint density at radius 3 is 2.55 bits per heavy atom. The minimum atomic E-state index is -3.96. The van der Waals surface area contributed by atoms with Crippen LogP contribution in [0.3, 0.4) is 0 Å². The van der Waals surface area contributed by atoms with Crippen molar-refractivity contribution < 1.29 is 18.3 Å². The summed E-state index contributed by atoms with van der Waals surface area (Å²) >= 11 is 0. The molecule has 0 heterocycles. The van der Waals surface area contributed by atoms with Gasteiger partial charge in [0.1, 0.15) is 6.04 Å². The lowest BCUT2D eigenvalue weighted by Gasteiger charge is -2.22. The van der Waals surface area contributed by atoms with E-state index in [0.717, 1.165) is 9.87 Å². The maximum absolute atomic E-state index is 12.2. The number of hydrogen-bond acceptors (Lipinski definition) is 4. The first-order chi connectivity index (χ1) is 10.4. The van der Waals surface area contributed by atoms with Gasteiger partial charge in [0, 0.05) is 19.5 Å². The standard InChI is InChI=1S/C14H19N3O4S/c1-2-17(10-6-9-15)22(20,21)16-13(14(18)19)11-12-7-4-3-5-8-12/h3-5,7-8,13,16H,2,6,10-11H2,1H3,(H,18,19)/t13-/m1/s1. The van der Waals surface area contributed by atoms with Crippen LogP contribution in [0, 0.1) is 11.3 Å². The first kappa shape index (κ1) is 18.1. The van der Waals surface area contributed by atoms with E-state index in [0.29, 0.717) is 0 Å². The number of nitrogens with zero attached hydrogens (tertiary/aromatic N) is 2. The Kier molecular flexibility index (Phi) is 6.98. The van der Waals surface area contributed by atoms with Crippen molar-refractivity contribution in [3.05, 3.63) is 35.9 Å². The number of aliphatic carboxylic acids is 1. The molecule has 0 radical (unpaired) electrons. The predicted molar refractivity (Wildman–Crippen MR) is 81.1 cm³/mol. The van der Waals surface area contributed by atoms with E-state index in [1.165, 1.54) is 0 Å². The van der Waals surface area contributed by atoms with Crippen LogP contribution in [0.2, 0.25) is 0 Å². The molecule has 0 aliphatic rings. The molecule has 8 heteroatoms. The predicted octanol–water partition coefficient (Wildman–Crippen LogP) is 0.752. The summed E-state index contributed by atoms with van der Waals surface area (Å²) in [6.45, 7) is 1.82. The Hall–Kier alpha value is -1.95. The van der Waals surface area contributed by atoms with E-state index in [1.807, 2.05) is 6.07 Å². The van der Waals surface area contributed by atoms with E-state index >= 15 is 0 Å². The van der Waals surface area contributed by atoms with Crippen LogP contribution in [0.25, 0.3) is 0 Å². The summed E-state index contributed by atoms with van der Waals surface area (Å²) in [5, 5.41) is 17.8. The smallest absolute Gasteiger partial charge is 0.322 e. The van der Waals surface area contributed by atoms with Crippen LogP contribution in [0.1, 0.15) is 18.9 Å². The number of carbonyl (C=O) groups is 1. The molecular formula is C14H19N3O4S. The van der Waals surface area contributed by atoms with Gasteiger partial charge in [-0.2, -0.15) is 22.7 Å². The van der Waals surface area contributed by atoms with Crippen LogP contribution in [0.5, 0.6) is 0 Å². The van der Waals surface area contributed by atoms with E-state index in [4.69, 9.17) is 5.26 Å². The Labute approximate surface area is 130 Å². The quantitative estimate of drug-likeness (QED) is 0.696. The zero-order valence-corrected chi connectivity index (χ0v) is 13.1. The van der Waals surface area contributed by atoms with Crippen LogP contribution < -0.4 is 4.72 Å². The van der Waals surface area contributed by atoms with Gasteiger partial charge in [-0.25, -0.2) is 0 Å². The fraction of sp³-hybridized carbons (Fsp3) is 0.429. The SMILES string of the molecule is CCN(CCC#N)S(=O)(=O)N[C@H](Cc1ccccc1)C(=O)O. The molecule has 0 bridgehead atoms. The van der Waals surface area contributed by atoms with E-state index in [2.05, 4.69) is 4.72 Å². The third-order valence-electron chi connectivity index (χ3n) is 3.04. The Balaban J connectivity index is 2.85. The second-order valence-corrected chi connectivity index (χ2v) is 6.31. The highest BCUT2D eigenvalue weighted by Crippen LogP contribution is 2.07. The molecule has 0 aliphatic heterocycles. The topological polar surface area (TPSA) is 111 Å². The minimum absolute atomic E-state index is 0.0278. The fourth-order valence-electron chi connectivity index (χ4n) is 1.91. The molecular weight excluding hydrogens is 306 g/mol. The lowest BCUT2D eigenvalue weighted by atomic mass is 10.1. The second kappa shape index (κ2) is 8.48. The molecule has 0 saturated carbocycles. The summed E-state index contributed by atoms with van der Waals surface area (Å²) in [5.41, 5.74) is 0.720. The average Bonchev–Trinajstić information content (AvgIpc) is 2.48. The molecule has 0 unspecified atom stereocenters. The monoisotopic (exact) mass is 325 g/mol. The van der Waals surface area contributed by atoms with E-state index in [9.17, 15) is 18.3 Å². The first-order valence-electron chi connectivity index (χ1n) is 6.81. The zero-order valence-electron chi connectivity index (χ0n) is 12.3. The number of carboxylic acid groups (broad SMARTS) is 1. The number of rotatable bonds is 9. The van der Waals surface area contributed by atoms with Crippen LogP contribution in [0.15, 0.2) is 30.3 Å². The summed E-state index contributed by atoms with van der Waals surface area (Å²) in [7, 11) is -3.96. The number of nitriles is 1. The Morgan fingerprint density at radius 2 is 2.05 bits per heavy atom. The van der Waals surface area contributed by atoms with Crippen LogP contribution in [-0.2, 0) is 21.4 Å². The lowest BCUT2D eigenvalue weighted by Crippen LogP contribution is -2.49. The molecule has 1 rings (SSSR count). The zero-order chi connectivity index (χ0) is 16.6. The van der Waals surface area contributed by atoms with Gasteiger partial charge in [0.2, 0.25) is 0 Å². The van der Waals surface area contributed by atoms with Crippen molar-refractivity contribution in [1.82, 2.24) is 9.03 Å². The Bertz CT molecular complexity index is 625. The number of hydrogen-bond donors (Lipinski definition) is 2. The molecule has 1 aromatic carbocycles. The van der Waals surface area contributed by atoms with E-state index in [-0.39, 0.29) is 25.9 Å². The molecule has 1 aromatic rings. The van der Waals surface area contributed by atoms with Crippen molar-refractivity contribution >= 4 is 16.2 Å². The molecule has 7 nitrogen and oxygen atoms in total. The van der Waals surface area contributed by atoms with Crippen LogP contribution in [-0.4, -0.2) is 42.9 Å². The second-order valence-electron chi connectivity index (χ2n) is 4.60. The molecule has 1 atom stereocenters. The van der Waals surface area contributed by atoms with Crippen LogP contribution >= 0.6 is 0 Å². The largest absolute Gasteiger partial charge is 0.480 e. The minimum Gasteiger partial charge on any atom is -0.480 e. The fourth-order valence-corrected chi connectivity index (χ4v) is 3.27. The molecule has 2 N–H and O–H groups in total. The maximum Gasteiger partial charge on any atom is 0.322 e. The van der Waals surface area contributed by atoms with Gasteiger partial charge in [0.15, 0.2) is 0 Å². The van der Waals surface area contributed by atoms with Crippen molar-refractivity contribution in [3.8, 4) is 6.07 Å². The molecule has 22 heavy (non-hydrogen) atoms. The van der Waals surface area contributed by atoms with Gasteiger partial charge in [0.05, 0.1) is 6.07 Å². The summed E-state index contributed by atoms with van der Waals surface area (Å²) in [4.78, 5) is 11.3. The number of nitrogens with one attached hydrogen (secondary N) is 1. The maximum atomic E-state index is 12.2. The van der Waals surface area contributed by atoms with Gasteiger partial charge in [-0.15, -0.1) is 0 Å². The van der Waals surface area contributed by atoms with Crippen molar-refractivity contribution in [2.45, 2.75) is 25.8 Å².